The monoisotopic (exact) mass is 363 g/mol. The number of sulfonamides is 1. The second kappa shape index (κ2) is 7.19. The lowest BCUT2D eigenvalue weighted by atomic mass is 10.1. The van der Waals surface area contributed by atoms with E-state index in [0.717, 1.165) is 22.4 Å². The van der Waals surface area contributed by atoms with Crippen molar-refractivity contribution in [2.45, 2.75) is 25.7 Å². The molecule has 0 aliphatic carbocycles. The molecule has 0 saturated heterocycles. The molecule has 3 N–H and O–H groups in total. The highest BCUT2D eigenvalue weighted by Gasteiger charge is 2.16. The minimum Gasteiger partial charge on any atom is -0.366 e. The van der Waals surface area contributed by atoms with Crippen LogP contribution in [-0.2, 0) is 10.0 Å². The topological polar surface area (TPSA) is 70.2 Å². The summed E-state index contributed by atoms with van der Waals surface area (Å²) in [4.78, 5) is 0.197. The number of thiocarbonyl (C=S) groups is 1. The number of rotatable bonds is 4. The molecule has 0 aliphatic rings. The fourth-order valence-corrected chi connectivity index (χ4v) is 3.77. The predicted molar refractivity (Wildman–Crippen MR) is 103 cm³/mol. The van der Waals surface area contributed by atoms with Crippen molar-refractivity contribution in [3.63, 3.8) is 0 Å². The molecule has 0 spiro atoms. The second-order valence-corrected chi connectivity index (χ2v) is 7.70. The molecule has 0 heterocycles. The molecule has 0 aliphatic heterocycles. The summed E-state index contributed by atoms with van der Waals surface area (Å²) < 4.78 is 27.9. The van der Waals surface area contributed by atoms with E-state index in [1.165, 1.54) is 0 Å². The van der Waals surface area contributed by atoms with Gasteiger partial charge in [-0.25, -0.2) is 8.42 Å². The van der Waals surface area contributed by atoms with E-state index in [4.69, 9.17) is 12.2 Å². The average Bonchev–Trinajstić information content (AvgIpc) is 2.51. The molecule has 0 unspecified atom stereocenters. The van der Waals surface area contributed by atoms with Crippen LogP contribution in [0.15, 0.2) is 41.3 Å². The summed E-state index contributed by atoms with van der Waals surface area (Å²) in [6.07, 6.45) is 0. The molecule has 24 heavy (non-hydrogen) atoms. The normalized spacial score (nSPS) is 11.0. The van der Waals surface area contributed by atoms with Crippen molar-refractivity contribution in [3.05, 3.63) is 53.1 Å². The molecule has 0 fully saturated rings. The van der Waals surface area contributed by atoms with E-state index in [2.05, 4.69) is 15.4 Å². The maximum absolute atomic E-state index is 12.6. The number of nitrogens with one attached hydrogen (secondary N) is 3. The van der Waals surface area contributed by atoms with Crippen LogP contribution in [-0.4, -0.2) is 20.6 Å². The van der Waals surface area contributed by atoms with Crippen molar-refractivity contribution in [2.75, 3.05) is 17.1 Å². The first-order chi connectivity index (χ1) is 11.2. The highest BCUT2D eigenvalue weighted by molar-refractivity contribution is 7.92. The number of hydrogen-bond acceptors (Lipinski definition) is 3. The van der Waals surface area contributed by atoms with Crippen LogP contribution in [0.2, 0.25) is 0 Å². The largest absolute Gasteiger partial charge is 0.366 e. The van der Waals surface area contributed by atoms with Crippen molar-refractivity contribution in [2.24, 2.45) is 0 Å². The quantitative estimate of drug-likeness (QED) is 0.727. The number of hydrogen-bond donors (Lipinski definition) is 3. The molecule has 0 amide bonds. The summed E-state index contributed by atoms with van der Waals surface area (Å²) >= 11 is 5.02. The van der Waals surface area contributed by atoms with Gasteiger partial charge in [-0.15, -0.1) is 0 Å². The first-order valence-electron chi connectivity index (χ1n) is 7.42. The van der Waals surface area contributed by atoms with Gasteiger partial charge in [-0.2, -0.15) is 0 Å². The van der Waals surface area contributed by atoms with E-state index in [-0.39, 0.29) is 4.90 Å². The molecule has 5 nitrogen and oxygen atoms in total. The van der Waals surface area contributed by atoms with Crippen LogP contribution in [0.5, 0.6) is 0 Å². The Bertz CT molecular complexity index is 837. The van der Waals surface area contributed by atoms with Gasteiger partial charge in [-0.05, 0) is 68.4 Å². The van der Waals surface area contributed by atoms with Crippen molar-refractivity contribution in [1.82, 2.24) is 5.32 Å². The fraction of sp³-hybridized carbons (Fsp3) is 0.235. The molecular formula is C17H21N3O2S2. The zero-order chi connectivity index (χ0) is 17.9. The smallest absolute Gasteiger partial charge is 0.261 e. The van der Waals surface area contributed by atoms with Gasteiger partial charge in [0.15, 0.2) is 5.11 Å². The van der Waals surface area contributed by atoms with Crippen LogP contribution in [0.25, 0.3) is 0 Å². The van der Waals surface area contributed by atoms with Crippen LogP contribution in [0.3, 0.4) is 0 Å². The Morgan fingerprint density at radius 2 is 1.54 bits per heavy atom. The van der Waals surface area contributed by atoms with Crippen LogP contribution >= 0.6 is 12.2 Å². The van der Waals surface area contributed by atoms with E-state index in [1.807, 2.05) is 32.9 Å². The summed E-state index contributed by atoms with van der Waals surface area (Å²) in [5.41, 5.74) is 4.24. The maximum Gasteiger partial charge on any atom is 0.261 e. The summed E-state index contributed by atoms with van der Waals surface area (Å²) in [6, 6.07) is 10.3. The lowest BCUT2D eigenvalue weighted by molar-refractivity contribution is 0.601. The zero-order valence-corrected chi connectivity index (χ0v) is 15.7. The van der Waals surface area contributed by atoms with E-state index in [1.54, 1.807) is 31.3 Å². The Labute approximate surface area is 148 Å². The predicted octanol–water partition coefficient (Wildman–Crippen LogP) is 3.33. The van der Waals surface area contributed by atoms with E-state index >= 15 is 0 Å². The fourth-order valence-electron chi connectivity index (χ4n) is 2.45. The minimum absolute atomic E-state index is 0.197. The summed E-state index contributed by atoms with van der Waals surface area (Å²) in [5.74, 6) is 0. The van der Waals surface area contributed by atoms with Gasteiger partial charge in [0.1, 0.15) is 0 Å². The molecule has 0 aromatic heterocycles. The van der Waals surface area contributed by atoms with Gasteiger partial charge >= 0.3 is 0 Å². The molecular weight excluding hydrogens is 342 g/mol. The van der Waals surface area contributed by atoms with Gasteiger partial charge in [0, 0.05) is 12.7 Å². The summed E-state index contributed by atoms with van der Waals surface area (Å²) in [5, 5.41) is 6.21. The maximum atomic E-state index is 12.6. The molecule has 7 heteroatoms. The first-order valence-corrected chi connectivity index (χ1v) is 9.31. The molecule has 128 valence electrons. The molecule has 2 aromatic carbocycles. The van der Waals surface area contributed by atoms with Gasteiger partial charge in [-0.1, -0.05) is 17.7 Å². The Morgan fingerprint density at radius 3 is 2.04 bits per heavy atom. The molecule has 0 radical (unpaired) electrons. The van der Waals surface area contributed by atoms with Crippen molar-refractivity contribution in [3.8, 4) is 0 Å². The molecule has 0 saturated carbocycles. The van der Waals surface area contributed by atoms with Crippen LogP contribution in [0.1, 0.15) is 16.7 Å². The van der Waals surface area contributed by atoms with Crippen molar-refractivity contribution < 1.29 is 8.42 Å². The molecule has 0 atom stereocenters. The summed E-state index contributed by atoms with van der Waals surface area (Å²) in [7, 11) is -1.94. The van der Waals surface area contributed by atoms with E-state index in [9.17, 15) is 8.42 Å². The van der Waals surface area contributed by atoms with Crippen LogP contribution < -0.4 is 15.4 Å². The first kappa shape index (κ1) is 18.2. The van der Waals surface area contributed by atoms with Gasteiger partial charge in [0.25, 0.3) is 10.0 Å². The second-order valence-electron chi connectivity index (χ2n) is 5.61. The Hall–Kier alpha value is -2.12. The van der Waals surface area contributed by atoms with Gasteiger partial charge in [-0.3, -0.25) is 4.72 Å². The van der Waals surface area contributed by atoms with Gasteiger partial charge in [0.2, 0.25) is 0 Å². The lowest BCUT2D eigenvalue weighted by Crippen LogP contribution is -2.24. The zero-order valence-electron chi connectivity index (χ0n) is 14.1. The SMILES string of the molecule is CNC(=S)Nc1ccc(S(=O)(=O)Nc2c(C)cc(C)cc2C)cc1. The van der Waals surface area contributed by atoms with Gasteiger partial charge in [0.05, 0.1) is 10.6 Å². The van der Waals surface area contributed by atoms with Crippen LogP contribution in [0, 0.1) is 20.8 Å². The van der Waals surface area contributed by atoms with Gasteiger partial charge < -0.3 is 10.6 Å². The number of aryl methyl sites for hydroxylation is 3. The van der Waals surface area contributed by atoms with Crippen molar-refractivity contribution >= 4 is 38.7 Å². The summed E-state index contributed by atoms with van der Waals surface area (Å²) in [6.45, 7) is 5.77. The van der Waals surface area contributed by atoms with E-state index in [0.29, 0.717) is 10.8 Å². The van der Waals surface area contributed by atoms with E-state index < -0.39 is 10.0 Å². The average molecular weight is 364 g/mol. The molecule has 2 aromatic rings. The Balaban J connectivity index is 2.26. The lowest BCUT2D eigenvalue weighted by Gasteiger charge is -2.15. The Kier molecular flexibility index (Phi) is 5.46. The Morgan fingerprint density at radius 1 is 1.00 bits per heavy atom. The third kappa shape index (κ3) is 4.24. The number of anilines is 2. The third-order valence-corrected chi connectivity index (χ3v) is 5.23. The van der Waals surface area contributed by atoms with Crippen LogP contribution in [0.4, 0.5) is 11.4 Å². The standard InChI is InChI=1S/C17H21N3O2S2/c1-11-9-12(2)16(13(3)10-11)20-24(21,22)15-7-5-14(6-8-15)19-17(23)18-4/h5-10,20H,1-4H3,(H2,18,19,23). The highest BCUT2D eigenvalue weighted by Crippen LogP contribution is 2.25. The van der Waals surface area contributed by atoms with Crippen molar-refractivity contribution in [1.29, 1.82) is 0 Å². The third-order valence-electron chi connectivity index (χ3n) is 3.56. The minimum atomic E-state index is -3.65. The highest BCUT2D eigenvalue weighted by atomic mass is 32.2. The molecule has 2 rings (SSSR count). The number of benzene rings is 2. The molecule has 0 bridgehead atoms.